The molecule has 138 valence electrons. The molecule has 1 saturated carbocycles. The third-order valence-corrected chi connectivity index (χ3v) is 6.55. The smallest absolute Gasteiger partial charge is 0.282 e. The fraction of sp³-hybridized carbons (Fsp3) is 0.500. The Labute approximate surface area is 151 Å². The fourth-order valence-electron chi connectivity index (χ4n) is 5.24. The topological polar surface area (TPSA) is 46.9 Å². The lowest BCUT2D eigenvalue weighted by Crippen LogP contribution is -2.51. The Morgan fingerprint density at radius 1 is 1.38 bits per heavy atom. The molecule has 1 N–H and O–H groups in total. The molecule has 0 spiro atoms. The van der Waals surface area contributed by atoms with Gasteiger partial charge in [-0.15, -0.1) is 0 Å². The van der Waals surface area contributed by atoms with E-state index in [0.717, 1.165) is 18.4 Å². The third-order valence-electron chi connectivity index (χ3n) is 6.55. The molecule has 2 unspecified atom stereocenters. The molecule has 2 atom stereocenters. The van der Waals surface area contributed by atoms with Gasteiger partial charge in [0.25, 0.3) is 12.3 Å². The molecular weight excluding hydrogens is 336 g/mol. The van der Waals surface area contributed by atoms with Gasteiger partial charge in [0.1, 0.15) is 5.69 Å². The van der Waals surface area contributed by atoms with Crippen molar-refractivity contribution in [2.24, 2.45) is 12.5 Å². The van der Waals surface area contributed by atoms with Crippen LogP contribution < -0.4 is 5.32 Å². The molecule has 2 bridgehead atoms. The second-order valence-electron chi connectivity index (χ2n) is 8.11. The third kappa shape index (κ3) is 2.04. The summed E-state index contributed by atoms with van der Waals surface area (Å²) in [5.74, 6) is -0.112. The summed E-state index contributed by atoms with van der Waals surface area (Å²) in [6.45, 7) is 6.43. The van der Waals surface area contributed by atoms with Gasteiger partial charge >= 0.3 is 0 Å². The Hall–Kier alpha value is -2.24. The van der Waals surface area contributed by atoms with Crippen LogP contribution in [0.1, 0.15) is 71.8 Å². The molecule has 4 rings (SSSR count). The zero-order valence-electron chi connectivity index (χ0n) is 15.4. The fourth-order valence-corrected chi connectivity index (χ4v) is 5.24. The molecule has 1 amide bonds. The number of aryl methyl sites for hydroxylation is 2. The summed E-state index contributed by atoms with van der Waals surface area (Å²) < 4.78 is 27.8. The maximum absolute atomic E-state index is 13.3. The number of nitrogens with one attached hydrogen (secondary N) is 1. The molecule has 0 radical (unpaired) electrons. The van der Waals surface area contributed by atoms with E-state index in [0.29, 0.717) is 5.92 Å². The van der Waals surface area contributed by atoms with Crippen LogP contribution in [-0.4, -0.2) is 15.7 Å². The monoisotopic (exact) mass is 359 g/mol. The van der Waals surface area contributed by atoms with Crippen molar-refractivity contribution in [3.63, 3.8) is 0 Å². The summed E-state index contributed by atoms with van der Waals surface area (Å²) in [7, 11) is 1.55. The van der Waals surface area contributed by atoms with Crippen molar-refractivity contribution in [2.75, 3.05) is 0 Å². The molecular formula is C20H23F2N3O. The maximum Gasteiger partial charge on any atom is 0.282 e. The van der Waals surface area contributed by atoms with E-state index in [2.05, 4.69) is 43.3 Å². The van der Waals surface area contributed by atoms with Gasteiger partial charge < -0.3 is 5.32 Å². The summed E-state index contributed by atoms with van der Waals surface area (Å²) >= 11 is 0. The number of aromatic nitrogens is 2. The molecule has 2 aliphatic carbocycles. The average molecular weight is 359 g/mol. The zero-order valence-corrected chi connectivity index (χ0v) is 15.4. The number of rotatable bonds is 3. The van der Waals surface area contributed by atoms with E-state index >= 15 is 0 Å². The number of nitrogens with zero attached hydrogens (tertiary/aromatic N) is 2. The van der Waals surface area contributed by atoms with Crippen LogP contribution in [0, 0.1) is 12.3 Å². The van der Waals surface area contributed by atoms with Crippen LogP contribution in [0.2, 0.25) is 0 Å². The molecule has 0 saturated heterocycles. The van der Waals surface area contributed by atoms with Gasteiger partial charge in [-0.2, -0.15) is 5.10 Å². The van der Waals surface area contributed by atoms with E-state index in [4.69, 9.17) is 0 Å². The number of amides is 1. The summed E-state index contributed by atoms with van der Waals surface area (Å²) in [5.41, 5.74) is 2.45. The average Bonchev–Trinajstić information content (AvgIpc) is 3.13. The Morgan fingerprint density at radius 2 is 2.12 bits per heavy atom. The summed E-state index contributed by atoms with van der Waals surface area (Å²) in [5, 5.41) is 6.92. The lowest BCUT2D eigenvalue weighted by molar-refractivity contribution is 0.0797. The summed E-state index contributed by atoms with van der Waals surface area (Å²) in [4.78, 5) is 13.0. The van der Waals surface area contributed by atoms with E-state index in [9.17, 15) is 13.6 Å². The predicted octanol–water partition coefficient (Wildman–Crippen LogP) is 4.21. The number of fused-ring (bicyclic) bond motifs is 5. The first-order valence-electron chi connectivity index (χ1n) is 8.93. The highest BCUT2D eigenvalue weighted by Gasteiger charge is 2.63. The lowest BCUT2D eigenvalue weighted by atomic mass is 9.74. The minimum atomic E-state index is -2.78. The van der Waals surface area contributed by atoms with Gasteiger partial charge in [-0.1, -0.05) is 32.0 Å². The largest absolute Gasteiger partial charge is 0.342 e. The molecule has 4 nitrogen and oxygen atoms in total. The van der Waals surface area contributed by atoms with Crippen molar-refractivity contribution >= 4 is 5.91 Å². The van der Waals surface area contributed by atoms with Crippen molar-refractivity contribution in [2.45, 2.75) is 51.5 Å². The number of carbonyl (C=O) groups excluding carboxylic acids is 1. The molecule has 2 aromatic rings. The maximum atomic E-state index is 13.3. The highest BCUT2D eigenvalue weighted by molar-refractivity contribution is 5.96. The Bertz CT molecular complexity index is 902. The first-order chi connectivity index (χ1) is 12.2. The van der Waals surface area contributed by atoms with Gasteiger partial charge in [0.05, 0.1) is 11.1 Å². The van der Waals surface area contributed by atoms with Crippen LogP contribution in [0.5, 0.6) is 0 Å². The molecule has 2 aliphatic rings. The second-order valence-corrected chi connectivity index (χ2v) is 8.11. The molecule has 1 heterocycles. The number of halogens is 2. The van der Waals surface area contributed by atoms with Crippen LogP contribution in [0.25, 0.3) is 0 Å². The minimum Gasteiger partial charge on any atom is -0.342 e. The number of alkyl halides is 2. The van der Waals surface area contributed by atoms with Gasteiger partial charge in [-0.3, -0.25) is 9.48 Å². The van der Waals surface area contributed by atoms with Crippen LogP contribution in [-0.2, 0) is 12.6 Å². The van der Waals surface area contributed by atoms with Gasteiger partial charge in [0.15, 0.2) is 0 Å². The van der Waals surface area contributed by atoms with Crippen LogP contribution in [0.4, 0.5) is 8.78 Å². The molecule has 1 aromatic carbocycles. The minimum absolute atomic E-state index is 0.0442. The van der Waals surface area contributed by atoms with Crippen molar-refractivity contribution in [1.82, 2.24) is 15.1 Å². The van der Waals surface area contributed by atoms with Gasteiger partial charge in [0.2, 0.25) is 0 Å². The first kappa shape index (κ1) is 17.2. The van der Waals surface area contributed by atoms with Crippen LogP contribution >= 0.6 is 0 Å². The van der Waals surface area contributed by atoms with Gasteiger partial charge in [0, 0.05) is 13.2 Å². The normalized spacial score (nSPS) is 25.6. The van der Waals surface area contributed by atoms with E-state index in [1.54, 1.807) is 7.05 Å². The van der Waals surface area contributed by atoms with E-state index < -0.39 is 23.6 Å². The lowest BCUT2D eigenvalue weighted by Gasteiger charge is -2.39. The van der Waals surface area contributed by atoms with Gasteiger partial charge in [-0.25, -0.2) is 8.78 Å². The second kappa shape index (κ2) is 5.38. The Kier molecular flexibility index (Phi) is 3.56. The highest BCUT2D eigenvalue weighted by atomic mass is 19.3. The van der Waals surface area contributed by atoms with Crippen molar-refractivity contribution in [3.8, 4) is 0 Å². The molecule has 26 heavy (non-hydrogen) atoms. The van der Waals surface area contributed by atoms with Crippen molar-refractivity contribution in [1.29, 1.82) is 0 Å². The number of benzene rings is 1. The van der Waals surface area contributed by atoms with Gasteiger partial charge in [-0.05, 0) is 47.8 Å². The zero-order chi connectivity index (χ0) is 18.9. The number of hydrogen-bond donors (Lipinski definition) is 1. The molecule has 1 aromatic heterocycles. The highest BCUT2D eigenvalue weighted by Crippen LogP contribution is 2.67. The number of hydrogen-bond acceptors (Lipinski definition) is 2. The van der Waals surface area contributed by atoms with Crippen molar-refractivity contribution in [3.05, 3.63) is 52.3 Å². The Balaban J connectivity index is 1.79. The first-order valence-corrected chi connectivity index (χ1v) is 8.93. The standard InChI is InChI=1S/C20H23F2N3O/c1-11-6-5-7-14-15(11)13-8-9-20(14,19(13,2)3)23-18(26)12-10-25(4)24-16(12)17(21)22/h5-7,10,13,17H,8-9H2,1-4H3,(H,23,26). The molecule has 1 fully saturated rings. The summed E-state index contributed by atoms with van der Waals surface area (Å²) in [6.07, 6.45) is 0.396. The predicted molar refractivity (Wildman–Crippen MR) is 94.2 cm³/mol. The van der Waals surface area contributed by atoms with Crippen LogP contribution in [0.3, 0.4) is 0 Å². The SMILES string of the molecule is Cc1cccc2c1C1CCC2(NC(=O)c2cn(C)nc2C(F)F)C1(C)C. The quantitative estimate of drug-likeness (QED) is 0.892. The van der Waals surface area contributed by atoms with E-state index in [1.165, 1.54) is 22.0 Å². The van der Waals surface area contributed by atoms with Crippen molar-refractivity contribution < 1.29 is 13.6 Å². The molecule has 0 aliphatic heterocycles. The van der Waals surface area contributed by atoms with E-state index in [-0.39, 0.29) is 11.0 Å². The van der Waals surface area contributed by atoms with E-state index in [1.807, 2.05) is 6.07 Å². The Morgan fingerprint density at radius 3 is 2.81 bits per heavy atom. The van der Waals surface area contributed by atoms with Crippen LogP contribution in [0.15, 0.2) is 24.4 Å². The summed E-state index contributed by atoms with van der Waals surface area (Å²) in [6, 6.07) is 6.18. The molecule has 6 heteroatoms. The number of carbonyl (C=O) groups is 1.